The molecule has 0 fully saturated rings. The van der Waals surface area contributed by atoms with Crippen LogP contribution in [0.2, 0.25) is 0 Å². The molecule has 1 atom stereocenters. The number of hydrogen-bond donors (Lipinski definition) is 1. The summed E-state index contributed by atoms with van der Waals surface area (Å²) in [6, 6.07) is 8.89. The van der Waals surface area contributed by atoms with Crippen LogP contribution in [0.25, 0.3) is 0 Å². The number of esters is 1. The Labute approximate surface area is 102 Å². The highest BCUT2D eigenvalue weighted by molar-refractivity contribution is 7.60. The van der Waals surface area contributed by atoms with Crippen molar-refractivity contribution in [3.8, 4) is 0 Å². The summed E-state index contributed by atoms with van der Waals surface area (Å²) in [5.41, 5.74) is 0.934. The van der Waals surface area contributed by atoms with Gasteiger partial charge in [0.05, 0.1) is 0 Å². The van der Waals surface area contributed by atoms with Gasteiger partial charge in [0.15, 0.2) is 0 Å². The van der Waals surface area contributed by atoms with Gasteiger partial charge >= 0.3 is 5.97 Å². The van der Waals surface area contributed by atoms with Gasteiger partial charge in [-0.3, -0.25) is 9.88 Å². The molecule has 0 amide bonds. The molecule has 0 saturated heterocycles. The number of benzene rings is 1. The van der Waals surface area contributed by atoms with Crippen molar-refractivity contribution in [1.29, 1.82) is 0 Å². The van der Waals surface area contributed by atoms with Crippen LogP contribution in [0.3, 0.4) is 0 Å². The Balaban J connectivity index is 2.42. The van der Waals surface area contributed by atoms with E-state index in [1.54, 1.807) is 20.3 Å². The Morgan fingerprint density at radius 3 is 2.47 bits per heavy atom. The van der Waals surface area contributed by atoms with E-state index in [2.05, 4.69) is 5.09 Å². The fourth-order valence-corrected chi connectivity index (χ4v) is 2.41. The third-order valence-corrected chi connectivity index (χ3v) is 3.09. The lowest BCUT2D eigenvalue weighted by Crippen LogP contribution is -2.32. The van der Waals surface area contributed by atoms with Crippen LogP contribution in [0, 0.1) is 0 Å². The van der Waals surface area contributed by atoms with E-state index in [1.807, 2.05) is 30.3 Å². The number of carbonyl (C=O) groups is 1. The van der Waals surface area contributed by atoms with E-state index in [1.165, 1.54) is 0 Å². The summed E-state index contributed by atoms with van der Waals surface area (Å²) in [5.74, 6) is -0.391. The van der Waals surface area contributed by atoms with Crippen molar-refractivity contribution in [1.82, 2.24) is 5.09 Å². The molecule has 1 aromatic rings. The van der Waals surface area contributed by atoms with Crippen molar-refractivity contribution in [3.63, 3.8) is 0 Å². The van der Waals surface area contributed by atoms with E-state index in [4.69, 9.17) is 4.74 Å². The van der Waals surface area contributed by atoms with Crippen LogP contribution in [-0.2, 0) is 20.7 Å². The fraction of sp³-hybridized carbons (Fsp3) is 0.417. The van der Waals surface area contributed by atoms with Gasteiger partial charge in [0, 0.05) is 13.3 Å². The Bertz CT molecular complexity index is 413. The number of carbonyl (C=O) groups excluding carboxylic acids is 1. The van der Waals surface area contributed by atoms with Crippen LogP contribution < -0.4 is 5.09 Å². The van der Waals surface area contributed by atoms with Crippen molar-refractivity contribution in [2.75, 3.05) is 13.3 Å². The van der Waals surface area contributed by atoms with Crippen LogP contribution in [0.15, 0.2) is 30.3 Å². The third kappa shape index (κ3) is 5.66. The highest BCUT2D eigenvalue weighted by atomic mass is 31.2. The molecule has 0 spiro atoms. The summed E-state index contributed by atoms with van der Waals surface area (Å²) in [6.07, 6.45) is 0. The zero-order chi connectivity index (χ0) is 12.9. The fourth-order valence-electron chi connectivity index (χ4n) is 1.37. The Morgan fingerprint density at radius 2 is 1.94 bits per heavy atom. The molecule has 1 aromatic carbocycles. The Kier molecular flexibility index (Phi) is 4.91. The standard InChI is InChI=1S/C12H18NO3P/c1-10(13-17(2,3)15)12(14)16-9-11-7-5-4-6-8-11/h4-8,10H,9H2,1-3H3,(H,13,15)/t10-/m0/s1. The van der Waals surface area contributed by atoms with Gasteiger partial charge in [-0.25, -0.2) is 0 Å². The van der Waals surface area contributed by atoms with Crippen molar-refractivity contribution < 1.29 is 14.1 Å². The molecule has 0 aliphatic rings. The van der Waals surface area contributed by atoms with Gasteiger partial charge in [0.1, 0.15) is 19.9 Å². The summed E-state index contributed by atoms with van der Waals surface area (Å²) in [7, 11) is -2.42. The molecular weight excluding hydrogens is 237 g/mol. The molecule has 0 radical (unpaired) electrons. The maximum atomic E-state index is 11.6. The molecular formula is C12H18NO3P. The van der Waals surface area contributed by atoms with Crippen LogP contribution in [0.1, 0.15) is 12.5 Å². The highest BCUT2D eigenvalue weighted by Crippen LogP contribution is 2.30. The number of hydrogen-bond acceptors (Lipinski definition) is 3. The molecule has 0 bridgehead atoms. The monoisotopic (exact) mass is 255 g/mol. The average Bonchev–Trinajstić information content (AvgIpc) is 2.25. The summed E-state index contributed by atoms with van der Waals surface area (Å²) < 4.78 is 16.6. The van der Waals surface area contributed by atoms with E-state index in [9.17, 15) is 9.36 Å². The van der Waals surface area contributed by atoms with Gasteiger partial charge in [0.25, 0.3) is 0 Å². The molecule has 94 valence electrons. The summed E-state index contributed by atoms with van der Waals surface area (Å²) in [5, 5.41) is 2.74. The molecule has 1 rings (SSSR count). The van der Waals surface area contributed by atoms with Gasteiger partial charge in [-0.15, -0.1) is 0 Å². The van der Waals surface area contributed by atoms with Gasteiger partial charge in [-0.1, -0.05) is 30.3 Å². The minimum absolute atomic E-state index is 0.240. The molecule has 0 aromatic heterocycles. The molecule has 0 aliphatic carbocycles. The number of rotatable bonds is 5. The van der Waals surface area contributed by atoms with Crippen molar-refractivity contribution in [3.05, 3.63) is 35.9 Å². The number of ether oxygens (including phenoxy) is 1. The second-order valence-corrected chi connectivity index (χ2v) is 7.25. The highest BCUT2D eigenvalue weighted by Gasteiger charge is 2.19. The molecule has 0 heterocycles. The minimum atomic E-state index is -2.42. The second kappa shape index (κ2) is 5.99. The normalized spacial score (nSPS) is 13.1. The van der Waals surface area contributed by atoms with Gasteiger partial charge < -0.3 is 9.30 Å². The third-order valence-electron chi connectivity index (χ3n) is 2.08. The predicted octanol–water partition coefficient (Wildman–Crippen LogP) is 2.25. The van der Waals surface area contributed by atoms with Gasteiger partial charge in [-0.2, -0.15) is 0 Å². The summed E-state index contributed by atoms with van der Waals surface area (Å²) in [4.78, 5) is 11.6. The van der Waals surface area contributed by atoms with E-state index in [0.29, 0.717) is 0 Å². The van der Waals surface area contributed by atoms with E-state index in [-0.39, 0.29) is 6.61 Å². The van der Waals surface area contributed by atoms with E-state index >= 15 is 0 Å². The Morgan fingerprint density at radius 1 is 1.35 bits per heavy atom. The van der Waals surface area contributed by atoms with Crippen LogP contribution >= 0.6 is 7.29 Å². The van der Waals surface area contributed by atoms with Crippen molar-refractivity contribution in [2.45, 2.75) is 19.6 Å². The van der Waals surface area contributed by atoms with Crippen LogP contribution in [-0.4, -0.2) is 25.3 Å². The maximum Gasteiger partial charge on any atom is 0.323 e. The molecule has 4 nitrogen and oxygen atoms in total. The molecule has 0 aliphatic heterocycles. The zero-order valence-electron chi connectivity index (χ0n) is 10.3. The van der Waals surface area contributed by atoms with Crippen molar-refractivity contribution >= 4 is 13.3 Å². The lowest BCUT2D eigenvalue weighted by molar-refractivity contribution is -0.146. The molecule has 1 N–H and O–H groups in total. The number of nitrogens with one attached hydrogen (secondary N) is 1. The zero-order valence-corrected chi connectivity index (χ0v) is 11.2. The molecule has 0 saturated carbocycles. The first-order valence-electron chi connectivity index (χ1n) is 5.42. The van der Waals surface area contributed by atoms with Gasteiger partial charge in [-0.05, 0) is 12.5 Å². The largest absolute Gasteiger partial charge is 0.460 e. The predicted molar refractivity (Wildman–Crippen MR) is 68.3 cm³/mol. The topological polar surface area (TPSA) is 55.4 Å². The van der Waals surface area contributed by atoms with Crippen molar-refractivity contribution in [2.24, 2.45) is 0 Å². The maximum absolute atomic E-state index is 11.6. The molecule has 0 unspecified atom stereocenters. The lowest BCUT2D eigenvalue weighted by Gasteiger charge is -2.16. The first kappa shape index (κ1) is 13.9. The van der Waals surface area contributed by atoms with E-state index < -0.39 is 19.3 Å². The molecule has 5 heteroatoms. The second-order valence-electron chi connectivity index (χ2n) is 4.29. The average molecular weight is 255 g/mol. The Hall–Kier alpha value is -1.12. The lowest BCUT2D eigenvalue weighted by atomic mass is 10.2. The van der Waals surface area contributed by atoms with Gasteiger partial charge in [0.2, 0.25) is 0 Å². The first-order chi connectivity index (χ1) is 7.88. The molecule has 17 heavy (non-hydrogen) atoms. The summed E-state index contributed by atoms with van der Waals surface area (Å²) in [6.45, 7) is 5.04. The first-order valence-corrected chi connectivity index (χ1v) is 8.02. The summed E-state index contributed by atoms with van der Waals surface area (Å²) >= 11 is 0. The quantitative estimate of drug-likeness (QED) is 0.647. The van der Waals surface area contributed by atoms with E-state index in [0.717, 1.165) is 5.56 Å². The smallest absolute Gasteiger partial charge is 0.323 e. The van der Waals surface area contributed by atoms with Crippen LogP contribution in [0.5, 0.6) is 0 Å². The van der Waals surface area contributed by atoms with Crippen LogP contribution in [0.4, 0.5) is 0 Å². The SMILES string of the molecule is C[C@H](NP(C)(C)=O)C(=O)OCc1ccccc1. The minimum Gasteiger partial charge on any atom is -0.460 e.